The third kappa shape index (κ3) is 6.80. The van der Waals surface area contributed by atoms with Crippen molar-refractivity contribution in [3.63, 3.8) is 0 Å². The zero-order valence-corrected chi connectivity index (χ0v) is 24.8. The highest BCUT2D eigenvalue weighted by Gasteiger charge is 2.46. The van der Waals surface area contributed by atoms with Crippen molar-refractivity contribution in [2.45, 2.75) is 76.9 Å². The maximum absolute atomic E-state index is 14.2. The molecular formula is C33H44N2O6. The molecule has 1 spiro atoms. The number of nitrogens with zero attached hydrogens (tertiary/aromatic N) is 2. The maximum atomic E-state index is 14.2. The normalized spacial score (nSPS) is 22.6. The number of fused-ring (bicyclic) bond motifs is 2. The lowest BCUT2D eigenvalue weighted by atomic mass is 9.90. The first kappa shape index (κ1) is 29.2. The van der Waals surface area contributed by atoms with Gasteiger partial charge in [0.2, 0.25) is 0 Å². The van der Waals surface area contributed by atoms with Gasteiger partial charge in [-0.05, 0) is 63.6 Å². The molecule has 0 bridgehead atoms. The minimum Gasteiger partial charge on any atom is -0.491 e. The summed E-state index contributed by atoms with van der Waals surface area (Å²) in [6.07, 6.45) is 5.83. The van der Waals surface area contributed by atoms with Gasteiger partial charge in [-0.2, -0.15) is 0 Å². The average molecular weight is 565 g/mol. The Hall–Kier alpha value is -3.26. The van der Waals surface area contributed by atoms with Crippen molar-refractivity contribution in [3.8, 4) is 17.2 Å². The van der Waals surface area contributed by atoms with Crippen LogP contribution in [0.5, 0.6) is 17.2 Å². The van der Waals surface area contributed by atoms with Crippen LogP contribution in [0.3, 0.4) is 0 Å². The van der Waals surface area contributed by atoms with Crippen LogP contribution in [0.4, 0.5) is 0 Å². The molecule has 1 fully saturated rings. The number of carbonyl (C=O) groups excluding carboxylic acids is 2. The van der Waals surface area contributed by atoms with Gasteiger partial charge in [-0.25, -0.2) is 0 Å². The van der Waals surface area contributed by atoms with E-state index in [9.17, 15) is 9.59 Å². The highest BCUT2D eigenvalue weighted by Crippen LogP contribution is 2.41. The van der Waals surface area contributed by atoms with Crippen LogP contribution in [0, 0.1) is 0 Å². The van der Waals surface area contributed by atoms with E-state index in [2.05, 4.69) is 13.0 Å². The SMILES string of the molecule is CCCCN1CCOc2ccccc2CCCCC2(CN(C(=O)COc3cccc4c3OC(C)(C)C4)CCO2)C1=O. The number of para-hydroxylation sites is 2. The number of rotatable bonds is 6. The molecule has 0 saturated carbocycles. The van der Waals surface area contributed by atoms with Crippen molar-refractivity contribution in [2.75, 3.05) is 46.0 Å². The Kier molecular flexibility index (Phi) is 9.07. The van der Waals surface area contributed by atoms with Gasteiger partial charge < -0.3 is 28.7 Å². The molecule has 3 heterocycles. The Morgan fingerprint density at radius 2 is 1.85 bits per heavy atom. The van der Waals surface area contributed by atoms with Crippen LogP contribution in [0.25, 0.3) is 0 Å². The number of aryl methyl sites for hydroxylation is 1. The van der Waals surface area contributed by atoms with Crippen molar-refractivity contribution < 1.29 is 28.5 Å². The Balaban J connectivity index is 1.30. The summed E-state index contributed by atoms with van der Waals surface area (Å²) < 4.78 is 24.6. The molecule has 0 N–H and O–H groups in total. The Labute approximate surface area is 243 Å². The lowest BCUT2D eigenvalue weighted by molar-refractivity contribution is -0.177. The fourth-order valence-electron chi connectivity index (χ4n) is 6.11. The third-order valence-electron chi connectivity index (χ3n) is 8.27. The van der Waals surface area contributed by atoms with Crippen molar-refractivity contribution in [2.24, 2.45) is 0 Å². The molecule has 8 heteroatoms. The van der Waals surface area contributed by atoms with Gasteiger partial charge in [0.05, 0.1) is 19.7 Å². The minimum atomic E-state index is -1.07. The molecule has 5 rings (SSSR count). The molecule has 3 aliphatic heterocycles. The smallest absolute Gasteiger partial charge is 0.260 e. The van der Waals surface area contributed by atoms with E-state index in [1.807, 2.05) is 55.1 Å². The number of amides is 2. The Bertz CT molecular complexity index is 1230. The summed E-state index contributed by atoms with van der Waals surface area (Å²) in [5.74, 6) is 2.00. The van der Waals surface area contributed by atoms with Crippen LogP contribution in [0.1, 0.15) is 64.0 Å². The summed E-state index contributed by atoms with van der Waals surface area (Å²) in [6.45, 7) is 8.60. The first-order valence-electron chi connectivity index (χ1n) is 15.2. The number of benzene rings is 2. The predicted molar refractivity (Wildman–Crippen MR) is 157 cm³/mol. The zero-order chi connectivity index (χ0) is 28.9. The molecule has 41 heavy (non-hydrogen) atoms. The third-order valence-corrected chi connectivity index (χ3v) is 8.27. The van der Waals surface area contributed by atoms with Crippen LogP contribution in [-0.2, 0) is 27.2 Å². The van der Waals surface area contributed by atoms with E-state index in [-0.39, 0.29) is 30.6 Å². The second-order valence-corrected chi connectivity index (χ2v) is 12.0. The van der Waals surface area contributed by atoms with Crippen molar-refractivity contribution in [3.05, 3.63) is 53.6 Å². The summed E-state index contributed by atoms with van der Waals surface area (Å²) in [5.41, 5.74) is 0.907. The molecule has 222 valence electrons. The predicted octanol–water partition coefficient (Wildman–Crippen LogP) is 4.81. The number of ether oxygens (including phenoxy) is 4. The number of hydrogen-bond donors (Lipinski definition) is 0. The quantitative estimate of drug-likeness (QED) is 0.501. The van der Waals surface area contributed by atoms with Gasteiger partial charge in [0.1, 0.15) is 18.0 Å². The highest BCUT2D eigenvalue weighted by atomic mass is 16.5. The van der Waals surface area contributed by atoms with Crippen molar-refractivity contribution in [1.82, 2.24) is 9.80 Å². The van der Waals surface area contributed by atoms with Gasteiger partial charge in [-0.3, -0.25) is 9.59 Å². The monoisotopic (exact) mass is 564 g/mol. The average Bonchev–Trinajstić information content (AvgIpc) is 3.30. The Morgan fingerprint density at radius 1 is 1.02 bits per heavy atom. The van der Waals surface area contributed by atoms with E-state index >= 15 is 0 Å². The van der Waals surface area contributed by atoms with E-state index in [0.29, 0.717) is 50.8 Å². The summed E-state index contributed by atoms with van der Waals surface area (Å²) in [4.78, 5) is 31.3. The molecule has 1 atom stereocenters. The first-order valence-corrected chi connectivity index (χ1v) is 15.2. The molecule has 1 unspecified atom stereocenters. The van der Waals surface area contributed by atoms with Crippen LogP contribution in [0.15, 0.2) is 42.5 Å². The standard InChI is InChI=1S/C33H44N2O6/c1-4-5-17-34-18-20-38-27-14-7-6-11-25(27)12-8-9-16-33(31(34)37)24-35(19-21-40-33)29(36)23-39-28-15-10-13-26-22-32(2,3)41-30(26)28/h6-7,10-11,13-15H,4-5,8-9,12,16-24H2,1-3H3. The topological polar surface area (TPSA) is 77.5 Å². The number of unbranched alkanes of at least 4 members (excludes halogenated alkanes) is 1. The van der Waals surface area contributed by atoms with Crippen LogP contribution < -0.4 is 14.2 Å². The maximum Gasteiger partial charge on any atom is 0.260 e. The van der Waals surface area contributed by atoms with E-state index in [1.54, 1.807) is 4.90 Å². The lowest BCUT2D eigenvalue weighted by Gasteiger charge is -2.44. The molecule has 8 nitrogen and oxygen atoms in total. The number of morpholine rings is 1. The summed E-state index contributed by atoms with van der Waals surface area (Å²) in [5, 5.41) is 0. The molecule has 2 aromatic carbocycles. The fourth-order valence-corrected chi connectivity index (χ4v) is 6.11. The van der Waals surface area contributed by atoms with Crippen LogP contribution >= 0.6 is 0 Å². The highest BCUT2D eigenvalue weighted by molar-refractivity contribution is 5.87. The first-order chi connectivity index (χ1) is 19.8. The minimum absolute atomic E-state index is 0.0432. The van der Waals surface area contributed by atoms with E-state index < -0.39 is 5.60 Å². The molecule has 2 amide bonds. The van der Waals surface area contributed by atoms with Gasteiger partial charge >= 0.3 is 0 Å². The van der Waals surface area contributed by atoms with E-state index in [4.69, 9.17) is 18.9 Å². The van der Waals surface area contributed by atoms with Crippen LogP contribution in [-0.4, -0.2) is 78.8 Å². The molecule has 3 aliphatic rings. The molecule has 0 radical (unpaired) electrons. The van der Waals surface area contributed by atoms with Gasteiger partial charge in [0.25, 0.3) is 11.8 Å². The summed E-state index contributed by atoms with van der Waals surface area (Å²) in [6, 6.07) is 14.0. The number of carbonyl (C=O) groups is 2. The summed E-state index contributed by atoms with van der Waals surface area (Å²) in [7, 11) is 0. The fraction of sp³-hybridized carbons (Fsp3) is 0.576. The molecule has 0 aromatic heterocycles. The van der Waals surface area contributed by atoms with Crippen molar-refractivity contribution in [1.29, 1.82) is 0 Å². The summed E-state index contributed by atoms with van der Waals surface area (Å²) >= 11 is 0. The van der Waals surface area contributed by atoms with E-state index in [1.165, 1.54) is 5.56 Å². The van der Waals surface area contributed by atoms with Crippen LogP contribution in [0.2, 0.25) is 0 Å². The van der Waals surface area contributed by atoms with Gasteiger partial charge in [-0.15, -0.1) is 0 Å². The van der Waals surface area contributed by atoms with Gasteiger partial charge in [0, 0.05) is 25.1 Å². The molecular weight excluding hydrogens is 520 g/mol. The Morgan fingerprint density at radius 3 is 2.71 bits per heavy atom. The van der Waals surface area contributed by atoms with Crippen molar-refractivity contribution >= 4 is 11.8 Å². The van der Waals surface area contributed by atoms with E-state index in [0.717, 1.165) is 49.8 Å². The zero-order valence-electron chi connectivity index (χ0n) is 24.8. The number of hydrogen-bond acceptors (Lipinski definition) is 6. The molecule has 2 aromatic rings. The van der Waals surface area contributed by atoms with Gasteiger partial charge in [-0.1, -0.05) is 43.7 Å². The second-order valence-electron chi connectivity index (χ2n) is 12.0. The largest absolute Gasteiger partial charge is 0.491 e. The van der Waals surface area contributed by atoms with Gasteiger partial charge in [0.15, 0.2) is 23.7 Å². The lowest BCUT2D eigenvalue weighted by Crippen LogP contribution is -2.62. The second kappa shape index (κ2) is 12.7. The molecule has 1 saturated heterocycles. The molecule has 0 aliphatic carbocycles.